The molecule has 2 fully saturated rings. The lowest BCUT2D eigenvalue weighted by Crippen LogP contribution is -2.48. The second kappa shape index (κ2) is 13.4. The van der Waals surface area contributed by atoms with E-state index >= 15 is 0 Å². The van der Waals surface area contributed by atoms with E-state index in [-0.39, 0.29) is 37.0 Å². The third kappa shape index (κ3) is 7.12. The van der Waals surface area contributed by atoms with Crippen molar-refractivity contribution in [1.82, 2.24) is 15.1 Å². The van der Waals surface area contributed by atoms with Gasteiger partial charge in [0.1, 0.15) is 19.3 Å². The molecule has 0 saturated carbocycles. The fourth-order valence-corrected chi connectivity index (χ4v) is 5.23. The number of benzene rings is 1. The number of morpholine rings is 1. The molecular weight excluding hydrogens is 574 g/mol. The Bertz CT molecular complexity index is 1350. The van der Waals surface area contributed by atoms with Crippen molar-refractivity contribution in [2.75, 3.05) is 55.7 Å². The molecule has 12 nitrogen and oxygen atoms in total. The van der Waals surface area contributed by atoms with Gasteiger partial charge in [0.15, 0.2) is 0 Å². The highest BCUT2D eigenvalue weighted by atomic mass is 35.5. The molecule has 3 heterocycles. The van der Waals surface area contributed by atoms with Gasteiger partial charge in [-0.3, -0.25) is 29.0 Å². The number of hydrogen-bond donors (Lipinski definition) is 1. The molecule has 1 aromatic heterocycles. The minimum absolute atomic E-state index is 0.0118. The predicted octanol–water partition coefficient (Wildman–Crippen LogP) is 2.46. The van der Waals surface area contributed by atoms with Gasteiger partial charge in [0, 0.05) is 24.1 Å². The molecule has 216 valence electrons. The summed E-state index contributed by atoms with van der Waals surface area (Å²) in [5, 5.41) is 2.66. The number of nitrogens with one attached hydrogen (secondary N) is 1. The number of carbonyl (C=O) groups excluding carboxylic acids is 5. The number of amides is 5. The van der Waals surface area contributed by atoms with Gasteiger partial charge < -0.3 is 24.6 Å². The van der Waals surface area contributed by atoms with Crippen molar-refractivity contribution in [2.45, 2.75) is 6.10 Å². The molecule has 1 aromatic carbocycles. The molecular formula is C27H28ClN5O7S. The number of carbonyl (C=O) groups is 5. The van der Waals surface area contributed by atoms with Crippen LogP contribution in [0.25, 0.3) is 0 Å². The molecule has 4 rings (SSSR count). The van der Waals surface area contributed by atoms with Gasteiger partial charge in [-0.25, -0.2) is 4.79 Å². The zero-order valence-electron chi connectivity index (χ0n) is 22.0. The van der Waals surface area contributed by atoms with Crippen molar-refractivity contribution in [3.05, 3.63) is 71.2 Å². The third-order valence-corrected chi connectivity index (χ3v) is 7.51. The lowest BCUT2D eigenvalue weighted by Gasteiger charge is -2.27. The Labute approximate surface area is 245 Å². The predicted molar refractivity (Wildman–Crippen MR) is 153 cm³/mol. The minimum Gasteiger partial charge on any atom is -0.442 e. The lowest BCUT2D eigenvalue weighted by molar-refractivity contribution is -0.136. The number of ether oxygens (including phenoxy) is 2. The first-order valence-corrected chi connectivity index (χ1v) is 13.7. The SMILES string of the molecule is C=CNCC(=O)N(C=C)CC(=O)N(C[C@H]1CN(c2ccc(N3CCOCC3=O)cc2)C(=O)O1)C(=O)c1ccc(Cl)s1. The van der Waals surface area contributed by atoms with Gasteiger partial charge in [-0.05, 0) is 42.6 Å². The van der Waals surface area contributed by atoms with Crippen LogP contribution in [0.4, 0.5) is 16.2 Å². The van der Waals surface area contributed by atoms with Gasteiger partial charge in [0.05, 0.1) is 35.5 Å². The number of thiophene rings is 1. The Morgan fingerprint density at radius 1 is 1.07 bits per heavy atom. The Balaban J connectivity index is 1.48. The largest absolute Gasteiger partial charge is 0.442 e. The van der Waals surface area contributed by atoms with Gasteiger partial charge in [-0.1, -0.05) is 24.8 Å². The first kappa shape index (κ1) is 29.8. The van der Waals surface area contributed by atoms with E-state index in [2.05, 4.69) is 18.5 Å². The Morgan fingerprint density at radius 3 is 2.39 bits per heavy atom. The molecule has 1 atom stereocenters. The normalized spacial score (nSPS) is 16.7. The molecule has 1 N–H and O–H groups in total. The highest BCUT2D eigenvalue weighted by Crippen LogP contribution is 2.27. The molecule has 5 amide bonds. The van der Waals surface area contributed by atoms with Crippen LogP contribution < -0.4 is 15.1 Å². The number of cyclic esters (lactones) is 1. The van der Waals surface area contributed by atoms with E-state index < -0.39 is 36.5 Å². The van der Waals surface area contributed by atoms with Crippen LogP contribution in [-0.4, -0.2) is 91.6 Å². The van der Waals surface area contributed by atoms with E-state index in [9.17, 15) is 24.0 Å². The molecule has 0 bridgehead atoms. The van der Waals surface area contributed by atoms with Crippen LogP contribution in [0.1, 0.15) is 9.67 Å². The maximum atomic E-state index is 13.4. The highest BCUT2D eigenvalue weighted by Gasteiger charge is 2.37. The van der Waals surface area contributed by atoms with Crippen LogP contribution in [0.3, 0.4) is 0 Å². The van der Waals surface area contributed by atoms with E-state index in [1.54, 1.807) is 29.2 Å². The van der Waals surface area contributed by atoms with Crippen LogP contribution >= 0.6 is 22.9 Å². The summed E-state index contributed by atoms with van der Waals surface area (Å²) in [6.07, 6.45) is 1.04. The lowest BCUT2D eigenvalue weighted by atomic mass is 10.2. The smallest absolute Gasteiger partial charge is 0.414 e. The van der Waals surface area contributed by atoms with Crippen LogP contribution in [0, 0.1) is 0 Å². The highest BCUT2D eigenvalue weighted by molar-refractivity contribution is 7.18. The average molecular weight is 602 g/mol. The van der Waals surface area contributed by atoms with Crippen molar-refractivity contribution >= 4 is 64.0 Å². The topological polar surface area (TPSA) is 129 Å². The van der Waals surface area contributed by atoms with E-state index in [0.717, 1.165) is 21.1 Å². The van der Waals surface area contributed by atoms with E-state index in [4.69, 9.17) is 21.1 Å². The summed E-state index contributed by atoms with van der Waals surface area (Å²) in [4.78, 5) is 69.3. The van der Waals surface area contributed by atoms with Gasteiger partial charge in [-0.2, -0.15) is 0 Å². The van der Waals surface area contributed by atoms with Gasteiger partial charge in [-0.15, -0.1) is 11.3 Å². The van der Waals surface area contributed by atoms with Crippen LogP contribution in [0.2, 0.25) is 4.34 Å². The monoisotopic (exact) mass is 601 g/mol. The summed E-state index contributed by atoms with van der Waals surface area (Å²) in [6, 6.07) is 9.85. The molecule has 0 spiro atoms. The van der Waals surface area contributed by atoms with E-state index in [0.29, 0.717) is 28.9 Å². The maximum Gasteiger partial charge on any atom is 0.414 e. The summed E-state index contributed by atoms with van der Waals surface area (Å²) in [7, 11) is 0. The first-order chi connectivity index (χ1) is 19.7. The molecule has 0 radical (unpaired) electrons. The fraction of sp³-hybridized carbons (Fsp3) is 0.296. The molecule has 41 heavy (non-hydrogen) atoms. The van der Waals surface area contributed by atoms with Crippen molar-refractivity contribution in [3.63, 3.8) is 0 Å². The number of imide groups is 1. The van der Waals surface area contributed by atoms with Crippen molar-refractivity contribution in [1.29, 1.82) is 0 Å². The Hall–Kier alpha value is -4.20. The molecule has 2 aliphatic heterocycles. The number of anilines is 2. The van der Waals surface area contributed by atoms with Gasteiger partial charge in [0.25, 0.3) is 11.8 Å². The Morgan fingerprint density at radius 2 is 1.78 bits per heavy atom. The van der Waals surface area contributed by atoms with Crippen molar-refractivity contribution in [3.8, 4) is 0 Å². The van der Waals surface area contributed by atoms with E-state index in [1.807, 2.05) is 0 Å². The standard InChI is InChI=1S/C27H28ClN5O7S/c1-3-29-13-23(34)30(4-2)16-24(35)33(26(37)21-9-10-22(28)41-21)15-20-14-32(27(38)40-20)19-7-5-18(6-8-19)31-11-12-39-17-25(31)36/h3-10,20,29H,1-2,11-17H2/t20-/m1/s1. The molecule has 14 heteroatoms. The second-order valence-corrected chi connectivity index (χ2v) is 10.6. The van der Waals surface area contributed by atoms with Gasteiger partial charge in [0.2, 0.25) is 11.8 Å². The zero-order chi connectivity index (χ0) is 29.5. The second-order valence-electron chi connectivity index (χ2n) is 8.93. The minimum atomic E-state index is -0.846. The number of hydrogen-bond acceptors (Lipinski definition) is 9. The van der Waals surface area contributed by atoms with Crippen molar-refractivity contribution in [2.24, 2.45) is 0 Å². The molecule has 2 aliphatic rings. The Kier molecular flexibility index (Phi) is 9.76. The van der Waals surface area contributed by atoms with Gasteiger partial charge >= 0.3 is 6.09 Å². The summed E-state index contributed by atoms with van der Waals surface area (Å²) in [6.45, 7) is 7.17. The molecule has 0 unspecified atom stereocenters. The molecule has 2 saturated heterocycles. The zero-order valence-corrected chi connectivity index (χ0v) is 23.6. The third-order valence-electron chi connectivity index (χ3n) is 6.29. The molecule has 2 aromatic rings. The van der Waals surface area contributed by atoms with Crippen LogP contribution in [-0.2, 0) is 23.9 Å². The number of rotatable bonds is 11. The molecule has 0 aliphatic carbocycles. The quantitative estimate of drug-likeness (QED) is 0.416. The summed E-state index contributed by atoms with van der Waals surface area (Å²) in [5.74, 6) is -1.94. The summed E-state index contributed by atoms with van der Waals surface area (Å²) < 4.78 is 11.0. The summed E-state index contributed by atoms with van der Waals surface area (Å²) in [5.41, 5.74) is 1.20. The number of halogens is 1. The van der Waals surface area contributed by atoms with Crippen molar-refractivity contribution < 1.29 is 33.4 Å². The first-order valence-electron chi connectivity index (χ1n) is 12.5. The average Bonchev–Trinajstić information content (AvgIpc) is 3.58. The maximum absolute atomic E-state index is 13.4. The van der Waals surface area contributed by atoms with Crippen LogP contribution in [0.5, 0.6) is 0 Å². The van der Waals surface area contributed by atoms with Crippen LogP contribution in [0.15, 0.2) is 62.0 Å². The van der Waals surface area contributed by atoms with E-state index in [1.165, 1.54) is 29.4 Å². The summed E-state index contributed by atoms with van der Waals surface area (Å²) >= 11 is 7.01. The number of nitrogens with zero attached hydrogens (tertiary/aromatic N) is 4. The fourth-order valence-electron chi connectivity index (χ4n) is 4.24.